The number of primary amides is 1. The highest BCUT2D eigenvalue weighted by Gasteiger charge is 2.28. The van der Waals surface area contributed by atoms with Gasteiger partial charge in [-0.25, -0.2) is 4.79 Å². The minimum absolute atomic E-state index is 0.209. The van der Waals surface area contributed by atoms with Crippen LogP contribution in [0.4, 0.5) is 4.79 Å². The van der Waals surface area contributed by atoms with Crippen LogP contribution in [0.15, 0.2) is 24.4 Å². The van der Waals surface area contributed by atoms with Gasteiger partial charge in [-0.2, -0.15) is 5.10 Å². The first-order chi connectivity index (χ1) is 11.1. The van der Waals surface area contributed by atoms with Gasteiger partial charge in [0.25, 0.3) is 5.91 Å². The lowest BCUT2D eigenvalue weighted by Crippen LogP contribution is -2.40. The number of hydrogen-bond acceptors (Lipinski definition) is 4. The van der Waals surface area contributed by atoms with Gasteiger partial charge in [-0.15, -0.1) is 0 Å². The summed E-state index contributed by atoms with van der Waals surface area (Å²) >= 11 is 0. The fourth-order valence-corrected chi connectivity index (χ4v) is 2.65. The second-order valence-electron chi connectivity index (χ2n) is 5.52. The van der Waals surface area contributed by atoms with Crippen molar-refractivity contribution in [3.05, 3.63) is 47.0 Å². The van der Waals surface area contributed by atoms with Crippen molar-refractivity contribution < 1.29 is 9.59 Å². The highest BCUT2D eigenvalue weighted by molar-refractivity contribution is 5.94. The molecule has 3 heterocycles. The molecular weight excluding hydrogens is 296 g/mol. The Bertz CT molecular complexity index is 727. The third-order valence-electron chi connectivity index (χ3n) is 3.92. The second-order valence-corrected chi connectivity index (χ2v) is 5.52. The monoisotopic (exact) mass is 314 g/mol. The van der Waals surface area contributed by atoms with Crippen molar-refractivity contribution in [2.45, 2.75) is 19.5 Å². The van der Waals surface area contributed by atoms with Gasteiger partial charge in [0.15, 0.2) is 5.69 Å². The largest absolute Gasteiger partial charge is 0.351 e. The van der Waals surface area contributed by atoms with Gasteiger partial charge in [0.05, 0.1) is 18.8 Å². The van der Waals surface area contributed by atoms with Crippen LogP contribution in [0.3, 0.4) is 0 Å². The molecule has 0 unspecified atom stereocenters. The van der Waals surface area contributed by atoms with Crippen LogP contribution in [0.5, 0.6) is 0 Å². The number of aromatic nitrogens is 3. The molecule has 0 saturated carbocycles. The van der Waals surface area contributed by atoms with Crippen molar-refractivity contribution in [2.24, 2.45) is 5.73 Å². The van der Waals surface area contributed by atoms with Crippen LogP contribution >= 0.6 is 0 Å². The molecule has 0 aromatic carbocycles. The van der Waals surface area contributed by atoms with E-state index >= 15 is 0 Å². The van der Waals surface area contributed by atoms with E-state index in [2.05, 4.69) is 15.2 Å². The lowest BCUT2D eigenvalue weighted by Gasteiger charge is -2.25. The number of nitrogens with one attached hydrogen (secondary N) is 1. The van der Waals surface area contributed by atoms with E-state index < -0.39 is 6.03 Å². The van der Waals surface area contributed by atoms with Crippen LogP contribution in [0.1, 0.15) is 27.4 Å². The lowest BCUT2D eigenvalue weighted by atomic mass is 10.1. The first-order valence-electron chi connectivity index (χ1n) is 7.32. The zero-order valence-electron chi connectivity index (χ0n) is 12.8. The van der Waals surface area contributed by atoms with E-state index in [-0.39, 0.29) is 5.91 Å². The molecule has 3 amide bonds. The summed E-state index contributed by atoms with van der Waals surface area (Å²) in [6.07, 6.45) is 2.30. The Balaban J connectivity index is 1.78. The quantitative estimate of drug-likeness (QED) is 0.860. The molecule has 0 aliphatic carbocycles. The van der Waals surface area contributed by atoms with E-state index in [0.29, 0.717) is 31.7 Å². The molecule has 120 valence electrons. The number of amides is 3. The summed E-state index contributed by atoms with van der Waals surface area (Å²) in [4.78, 5) is 31.3. The number of rotatable bonds is 3. The van der Waals surface area contributed by atoms with Crippen molar-refractivity contribution in [3.63, 3.8) is 0 Å². The molecule has 8 heteroatoms. The fourth-order valence-electron chi connectivity index (χ4n) is 2.65. The highest BCUT2D eigenvalue weighted by Crippen LogP contribution is 2.21. The molecule has 1 aliphatic heterocycles. The van der Waals surface area contributed by atoms with E-state index in [9.17, 15) is 9.59 Å². The van der Waals surface area contributed by atoms with E-state index in [1.165, 1.54) is 4.90 Å². The van der Waals surface area contributed by atoms with E-state index in [0.717, 1.165) is 17.0 Å². The van der Waals surface area contributed by atoms with Crippen molar-refractivity contribution in [1.29, 1.82) is 0 Å². The molecule has 1 aliphatic rings. The number of nitrogens with zero attached hydrogens (tertiary/aromatic N) is 4. The number of urea groups is 1. The van der Waals surface area contributed by atoms with Gasteiger partial charge >= 0.3 is 6.03 Å². The molecule has 0 atom stereocenters. The highest BCUT2D eigenvalue weighted by atomic mass is 16.2. The van der Waals surface area contributed by atoms with Crippen LogP contribution in [-0.4, -0.2) is 50.5 Å². The molecule has 0 spiro atoms. The molecule has 2 aromatic rings. The molecule has 0 radical (unpaired) electrons. The third kappa shape index (κ3) is 3.01. The fraction of sp³-hybridized carbons (Fsp3) is 0.333. The van der Waals surface area contributed by atoms with Crippen molar-refractivity contribution in [1.82, 2.24) is 25.0 Å². The Morgan fingerprint density at radius 3 is 2.96 bits per heavy atom. The first kappa shape index (κ1) is 15.0. The Morgan fingerprint density at radius 1 is 1.43 bits per heavy atom. The number of H-pyrrole nitrogens is 1. The summed E-state index contributed by atoms with van der Waals surface area (Å²) in [6, 6.07) is 5.07. The Labute approximate surface area is 133 Å². The van der Waals surface area contributed by atoms with Crippen LogP contribution in [0.25, 0.3) is 0 Å². The molecule has 0 saturated heterocycles. The van der Waals surface area contributed by atoms with E-state index in [1.807, 2.05) is 18.2 Å². The summed E-state index contributed by atoms with van der Waals surface area (Å²) in [5.74, 6) is -0.209. The van der Waals surface area contributed by atoms with Crippen LogP contribution in [-0.2, 0) is 19.5 Å². The summed E-state index contributed by atoms with van der Waals surface area (Å²) in [5.41, 5.74) is 8.10. The Hall–Kier alpha value is -2.90. The molecule has 3 N–H and O–H groups in total. The third-order valence-corrected chi connectivity index (χ3v) is 3.92. The topological polar surface area (TPSA) is 108 Å². The number of pyridine rings is 1. The van der Waals surface area contributed by atoms with E-state index in [1.54, 1.807) is 18.1 Å². The smallest absolute Gasteiger partial charge is 0.315 e. The van der Waals surface area contributed by atoms with Crippen molar-refractivity contribution >= 4 is 11.9 Å². The summed E-state index contributed by atoms with van der Waals surface area (Å²) in [6.45, 7) is 1.22. The molecular formula is C15H18N6O2. The number of fused-ring (bicyclic) bond motifs is 1. The molecule has 2 aromatic heterocycles. The van der Waals surface area contributed by atoms with Gasteiger partial charge in [-0.05, 0) is 12.1 Å². The number of nitrogens with two attached hydrogens (primary N) is 1. The van der Waals surface area contributed by atoms with Gasteiger partial charge in [0.1, 0.15) is 0 Å². The first-order valence-corrected chi connectivity index (χ1v) is 7.32. The van der Waals surface area contributed by atoms with E-state index in [4.69, 9.17) is 5.73 Å². The minimum atomic E-state index is -0.489. The second kappa shape index (κ2) is 6.07. The number of carbonyl (C=O) groups is 2. The van der Waals surface area contributed by atoms with Crippen molar-refractivity contribution in [2.75, 3.05) is 13.6 Å². The summed E-state index contributed by atoms with van der Waals surface area (Å²) in [7, 11) is 1.70. The summed E-state index contributed by atoms with van der Waals surface area (Å²) in [5, 5.41) is 7.03. The maximum atomic E-state index is 12.6. The van der Waals surface area contributed by atoms with Gasteiger partial charge in [0, 0.05) is 37.5 Å². The molecule has 8 nitrogen and oxygen atoms in total. The van der Waals surface area contributed by atoms with Crippen LogP contribution in [0.2, 0.25) is 0 Å². The Kier molecular flexibility index (Phi) is 3.96. The lowest BCUT2D eigenvalue weighted by molar-refractivity contribution is 0.0775. The SMILES string of the molecule is CN(Cc1ccccn1)C(=O)c1n[nH]c2c1CN(C(N)=O)CC2. The van der Waals surface area contributed by atoms with Gasteiger partial charge in [-0.1, -0.05) is 6.07 Å². The molecule has 0 bridgehead atoms. The van der Waals surface area contributed by atoms with Gasteiger partial charge < -0.3 is 15.5 Å². The maximum Gasteiger partial charge on any atom is 0.315 e. The predicted molar refractivity (Wildman–Crippen MR) is 82.3 cm³/mol. The maximum absolute atomic E-state index is 12.6. The van der Waals surface area contributed by atoms with Crippen LogP contribution < -0.4 is 5.73 Å². The molecule has 23 heavy (non-hydrogen) atoms. The molecule has 0 fully saturated rings. The summed E-state index contributed by atoms with van der Waals surface area (Å²) < 4.78 is 0. The normalized spacial score (nSPS) is 13.5. The molecule has 3 rings (SSSR count). The number of hydrogen-bond donors (Lipinski definition) is 2. The average Bonchev–Trinajstić information content (AvgIpc) is 2.98. The Morgan fingerprint density at radius 2 is 2.26 bits per heavy atom. The number of carbonyl (C=O) groups excluding carboxylic acids is 2. The van der Waals surface area contributed by atoms with Gasteiger partial charge in [-0.3, -0.25) is 14.9 Å². The standard InChI is InChI=1S/C15H18N6O2/c1-20(8-10-4-2-3-6-17-10)14(22)13-11-9-21(15(16)23)7-5-12(11)18-19-13/h2-4,6H,5,7-9H2,1H3,(H2,16,23)(H,18,19). The van der Waals surface area contributed by atoms with Gasteiger partial charge in [0.2, 0.25) is 0 Å². The average molecular weight is 314 g/mol. The zero-order chi connectivity index (χ0) is 16.4. The van der Waals surface area contributed by atoms with Crippen molar-refractivity contribution in [3.8, 4) is 0 Å². The van der Waals surface area contributed by atoms with Crippen LogP contribution in [0, 0.1) is 0 Å². The predicted octanol–water partition coefficient (Wildman–Crippen LogP) is 0.514. The minimum Gasteiger partial charge on any atom is -0.351 e. The zero-order valence-corrected chi connectivity index (χ0v) is 12.8. The number of aromatic amines is 1.